The highest BCUT2D eigenvalue weighted by atomic mass is 15.3. The zero-order valence-corrected chi connectivity index (χ0v) is 12.3. The maximum atomic E-state index is 4.76. The molecule has 0 fully saturated rings. The summed E-state index contributed by atoms with van der Waals surface area (Å²) in [6.45, 7) is 2.99. The minimum Gasteiger partial charge on any atom is -0.313 e. The molecule has 2 aromatic heterocycles. The van der Waals surface area contributed by atoms with Crippen LogP contribution in [0.2, 0.25) is 0 Å². The lowest BCUT2D eigenvalue weighted by molar-refractivity contribution is 0.569. The highest BCUT2D eigenvalue weighted by molar-refractivity contribution is 5.82. The van der Waals surface area contributed by atoms with E-state index in [0.717, 1.165) is 24.2 Å². The molecular formula is C16H19N5. The Morgan fingerprint density at radius 1 is 1.19 bits per heavy atom. The Labute approximate surface area is 124 Å². The van der Waals surface area contributed by atoms with E-state index in [1.165, 1.54) is 10.9 Å². The van der Waals surface area contributed by atoms with Gasteiger partial charge >= 0.3 is 0 Å². The van der Waals surface area contributed by atoms with Crippen molar-refractivity contribution in [2.75, 3.05) is 7.05 Å². The standard InChI is InChI=1S/C16H19N5/c1-3-21-16-7-5-4-6-13(16)15(20-21)8-14(17-2)12-9-18-11-19-10-12/h4-7,9-11,14,17H,3,8H2,1-2H3. The highest BCUT2D eigenvalue weighted by Gasteiger charge is 2.16. The van der Waals surface area contributed by atoms with E-state index in [0.29, 0.717) is 0 Å². The smallest absolute Gasteiger partial charge is 0.115 e. The van der Waals surface area contributed by atoms with Gasteiger partial charge in [-0.15, -0.1) is 0 Å². The molecule has 3 aromatic rings. The summed E-state index contributed by atoms with van der Waals surface area (Å²) in [5.74, 6) is 0. The molecule has 0 radical (unpaired) electrons. The zero-order chi connectivity index (χ0) is 14.7. The fraction of sp³-hybridized carbons (Fsp3) is 0.312. The molecule has 1 atom stereocenters. The largest absolute Gasteiger partial charge is 0.313 e. The lowest BCUT2D eigenvalue weighted by Gasteiger charge is -2.14. The fourth-order valence-corrected chi connectivity index (χ4v) is 2.66. The minimum atomic E-state index is 0.162. The summed E-state index contributed by atoms with van der Waals surface area (Å²) >= 11 is 0. The Bertz CT molecular complexity index is 720. The number of benzene rings is 1. The van der Waals surface area contributed by atoms with Gasteiger partial charge in [-0.2, -0.15) is 5.10 Å². The van der Waals surface area contributed by atoms with Gasteiger partial charge in [0.15, 0.2) is 0 Å². The van der Waals surface area contributed by atoms with Crippen molar-refractivity contribution in [3.63, 3.8) is 0 Å². The lowest BCUT2D eigenvalue weighted by atomic mass is 10.0. The Hall–Kier alpha value is -2.27. The summed E-state index contributed by atoms with van der Waals surface area (Å²) in [6.07, 6.45) is 6.08. The topological polar surface area (TPSA) is 55.6 Å². The monoisotopic (exact) mass is 281 g/mol. The predicted molar refractivity (Wildman–Crippen MR) is 82.9 cm³/mol. The van der Waals surface area contributed by atoms with E-state index in [9.17, 15) is 0 Å². The third kappa shape index (κ3) is 2.64. The minimum absolute atomic E-state index is 0.162. The predicted octanol–water partition coefficient (Wildman–Crippen LogP) is 2.35. The van der Waals surface area contributed by atoms with Gasteiger partial charge in [-0.3, -0.25) is 4.68 Å². The summed E-state index contributed by atoms with van der Waals surface area (Å²) < 4.78 is 2.05. The van der Waals surface area contributed by atoms with Gasteiger partial charge in [0.05, 0.1) is 11.2 Å². The number of hydrogen-bond donors (Lipinski definition) is 1. The second-order valence-electron chi connectivity index (χ2n) is 5.00. The molecule has 2 heterocycles. The van der Waals surface area contributed by atoms with Crippen LogP contribution in [0.3, 0.4) is 0 Å². The fourth-order valence-electron chi connectivity index (χ4n) is 2.66. The summed E-state index contributed by atoms with van der Waals surface area (Å²) in [5, 5.41) is 9.31. The van der Waals surface area contributed by atoms with Crippen molar-refractivity contribution in [1.29, 1.82) is 0 Å². The maximum Gasteiger partial charge on any atom is 0.115 e. The SMILES string of the molecule is CCn1nc(CC(NC)c2cncnc2)c2ccccc21. The van der Waals surface area contributed by atoms with Crippen LogP contribution < -0.4 is 5.32 Å². The van der Waals surface area contributed by atoms with Crippen molar-refractivity contribution >= 4 is 10.9 Å². The van der Waals surface area contributed by atoms with E-state index < -0.39 is 0 Å². The van der Waals surface area contributed by atoms with Gasteiger partial charge < -0.3 is 5.32 Å². The molecule has 5 nitrogen and oxygen atoms in total. The van der Waals surface area contributed by atoms with E-state index in [1.54, 1.807) is 6.33 Å². The molecule has 0 aliphatic carbocycles. The van der Waals surface area contributed by atoms with Gasteiger partial charge in [0, 0.05) is 42.4 Å². The summed E-state index contributed by atoms with van der Waals surface area (Å²) in [7, 11) is 1.96. The number of nitrogens with one attached hydrogen (secondary N) is 1. The molecule has 0 aliphatic heterocycles. The lowest BCUT2D eigenvalue weighted by Crippen LogP contribution is -2.19. The summed E-state index contributed by atoms with van der Waals surface area (Å²) in [6, 6.07) is 8.54. The summed E-state index contributed by atoms with van der Waals surface area (Å²) in [4.78, 5) is 8.20. The van der Waals surface area contributed by atoms with Crippen LogP contribution in [-0.4, -0.2) is 26.8 Å². The maximum absolute atomic E-state index is 4.76. The van der Waals surface area contributed by atoms with Crippen molar-refractivity contribution in [3.8, 4) is 0 Å². The number of para-hydroxylation sites is 1. The van der Waals surface area contributed by atoms with Gasteiger partial charge in [0.25, 0.3) is 0 Å². The van der Waals surface area contributed by atoms with Crippen LogP contribution in [0, 0.1) is 0 Å². The molecular weight excluding hydrogens is 262 g/mol. The number of fused-ring (bicyclic) bond motifs is 1. The molecule has 1 N–H and O–H groups in total. The molecule has 1 unspecified atom stereocenters. The van der Waals surface area contributed by atoms with E-state index in [-0.39, 0.29) is 6.04 Å². The van der Waals surface area contributed by atoms with Crippen LogP contribution in [0.1, 0.15) is 24.2 Å². The molecule has 0 aliphatic rings. The Balaban J connectivity index is 1.97. The quantitative estimate of drug-likeness (QED) is 0.780. The van der Waals surface area contributed by atoms with Gasteiger partial charge in [0.1, 0.15) is 6.33 Å². The van der Waals surface area contributed by atoms with Gasteiger partial charge in [-0.25, -0.2) is 9.97 Å². The normalized spacial score (nSPS) is 12.7. The zero-order valence-electron chi connectivity index (χ0n) is 12.3. The molecule has 0 spiro atoms. The number of aryl methyl sites for hydroxylation is 1. The Morgan fingerprint density at radius 2 is 1.95 bits per heavy atom. The van der Waals surface area contributed by atoms with Gasteiger partial charge in [-0.1, -0.05) is 18.2 Å². The average Bonchev–Trinajstić information content (AvgIpc) is 2.91. The number of rotatable bonds is 5. The molecule has 1 aromatic carbocycles. The van der Waals surface area contributed by atoms with Crippen LogP contribution in [0.15, 0.2) is 43.0 Å². The number of likely N-dealkylation sites (N-methyl/N-ethyl adjacent to an activating group) is 1. The molecule has 0 bridgehead atoms. The highest BCUT2D eigenvalue weighted by Crippen LogP contribution is 2.23. The molecule has 0 saturated carbocycles. The molecule has 5 heteroatoms. The van der Waals surface area contributed by atoms with Crippen molar-refractivity contribution in [2.24, 2.45) is 0 Å². The molecule has 3 rings (SSSR count). The van der Waals surface area contributed by atoms with E-state index >= 15 is 0 Å². The third-order valence-electron chi connectivity index (χ3n) is 3.76. The summed E-state index contributed by atoms with van der Waals surface area (Å²) in [5.41, 5.74) is 3.37. The second-order valence-corrected chi connectivity index (χ2v) is 5.00. The molecule has 0 amide bonds. The van der Waals surface area contributed by atoms with E-state index in [4.69, 9.17) is 5.10 Å². The molecule has 21 heavy (non-hydrogen) atoms. The molecule has 108 valence electrons. The third-order valence-corrected chi connectivity index (χ3v) is 3.76. The van der Waals surface area contributed by atoms with Crippen LogP contribution >= 0.6 is 0 Å². The number of nitrogens with zero attached hydrogens (tertiary/aromatic N) is 4. The van der Waals surface area contributed by atoms with Crippen LogP contribution in [0.25, 0.3) is 10.9 Å². The van der Waals surface area contributed by atoms with Crippen molar-refractivity contribution < 1.29 is 0 Å². The first-order valence-corrected chi connectivity index (χ1v) is 7.20. The Kier molecular flexibility index (Phi) is 3.92. The average molecular weight is 281 g/mol. The van der Waals surface area contributed by atoms with E-state index in [1.807, 2.05) is 19.4 Å². The first kappa shape index (κ1) is 13.7. The van der Waals surface area contributed by atoms with E-state index in [2.05, 4.69) is 51.2 Å². The Morgan fingerprint density at radius 3 is 2.67 bits per heavy atom. The second kappa shape index (κ2) is 6.01. The van der Waals surface area contributed by atoms with Gasteiger partial charge in [-0.05, 0) is 20.0 Å². The van der Waals surface area contributed by atoms with Crippen LogP contribution in [-0.2, 0) is 13.0 Å². The van der Waals surface area contributed by atoms with Gasteiger partial charge in [0.2, 0.25) is 0 Å². The van der Waals surface area contributed by atoms with Crippen molar-refractivity contribution in [1.82, 2.24) is 25.1 Å². The molecule has 0 saturated heterocycles. The number of hydrogen-bond acceptors (Lipinski definition) is 4. The first-order chi connectivity index (χ1) is 10.3. The van der Waals surface area contributed by atoms with Crippen molar-refractivity contribution in [3.05, 3.63) is 54.2 Å². The van der Waals surface area contributed by atoms with Crippen LogP contribution in [0.4, 0.5) is 0 Å². The van der Waals surface area contributed by atoms with Crippen LogP contribution in [0.5, 0.6) is 0 Å². The number of aromatic nitrogens is 4. The first-order valence-electron chi connectivity index (χ1n) is 7.20. The van der Waals surface area contributed by atoms with Crippen molar-refractivity contribution in [2.45, 2.75) is 25.9 Å².